The second-order valence-corrected chi connectivity index (χ2v) is 7.07. The van der Waals surface area contributed by atoms with Crippen LogP contribution in [0.1, 0.15) is 41.7 Å². The summed E-state index contributed by atoms with van der Waals surface area (Å²) in [5.74, 6) is 0.481. The largest absolute Gasteiger partial charge is 0.423 e. The highest BCUT2D eigenvalue weighted by Gasteiger charge is 2.40. The molecule has 2 atom stereocenters. The Hall–Kier alpha value is -2.09. The molecule has 4 rings (SSSR count). The van der Waals surface area contributed by atoms with Crippen molar-refractivity contribution in [1.29, 1.82) is 0 Å². The molecule has 7 nitrogen and oxygen atoms in total. The maximum Gasteiger partial charge on any atom is 0.272 e. The average molecular weight is 395 g/mol. The summed E-state index contributed by atoms with van der Waals surface area (Å²) in [6.07, 6.45) is 0.268. The number of fused-ring (bicyclic) bond motifs is 1. The molecule has 1 saturated heterocycles. The molecule has 0 aliphatic carbocycles. The molecule has 9 heteroatoms. The minimum absolute atomic E-state index is 0.166. The quantitative estimate of drug-likeness (QED) is 0.709. The number of likely N-dealkylation sites (tertiary alicyclic amines) is 1. The highest BCUT2D eigenvalue weighted by atomic mass is 35.5. The van der Waals surface area contributed by atoms with E-state index < -0.39 is 12.1 Å². The minimum Gasteiger partial charge on any atom is -0.423 e. The molecular formula is C17H16Cl2N4O3. The van der Waals surface area contributed by atoms with Gasteiger partial charge in [-0.25, -0.2) is 0 Å². The third-order valence-corrected chi connectivity index (χ3v) is 5.15. The maximum atomic E-state index is 13.1. The molecule has 1 aliphatic heterocycles. The van der Waals surface area contributed by atoms with Crippen molar-refractivity contribution < 1.29 is 14.3 Å². The normalized spacial score (nSPS) is 20.2. The number of rotatable bonds is 3. The molecule has 0 unspecified atom stereocenters. The van der Waals surface area contributed by atoms with Crippen LogP contribution in [0.25, 0.3) is 10.9 Å². The zero-order valence-electron chi connectivity index (χ0n) is 13.9. The van der Waals surface area contributed by atoms with Gasteiger partial charge in [0.1, 0.15) is 11.7 Å². The van der Waals surface area contributed by atoms with E-state index in [0.29, 0.717) is 45.6 Å². The topological polar surface area (TPSA) is 95.3 Å². The number of benzene rings is 1. The number of halogens is 2. The van der Waals surface area contributed by atoms with Gasteiger partial charge in [-0.15, -0.1) is 10.2 Å². The van der Waals surface area contributed by atoms with E-state index in [0.717, 1.165) is 0 Å². The summed E-state index contributed by atoms with van der Waals surface area (Å²) in [5, 5.41) is 19.6. The lowest BCUT2D eigenvalue weighted by atomic mass is 10.2. The van der Waals surface area contributed by atoms with Crippen molar-refractivity contribution >= 4 is 40.0 Å². The van der Waals surface area contributed by atoms with Gasteiger partial charge in [-0.1, -0.05) is 30.1 Å². The Morgan fingerprint density at radius 1 is 1.42 bits per heavy atom. The van der Waals surface area contributed by atoms with E-state index in [-0.39, 0.29) is 18.1 Å². The SMILES string of the molecule is CCc1nnc([C@H]2C[C@@H](O)CN2C(=O)c2[nH]c3ccc(Cl)cc3c2Cl)o1. The molecule has 2 N–H and O–H groups in total. The first-order valence-electron chi connectivity index (χ1n) is 8.26. The van der Waals surface area contributed by atoms with Crippen LogP contribution in [0.5, 0.6) is 0 Å². The number of aromatic nitrogens is 3. The Kier molecular flexibility index (Phi) is 4.38. The zero-order chi connectivity index (χ0) is 18.4. The van der Waals surface area contributed by atoms with Gasteiger partial charge in [-0.2, -0.15) is 0 Å². The fraction of sp³-hybridized carbons (Fsp3) is 0.353. The number of carbonyl (C=O) groups excluding carboxylic acids is 1. The molecule has 0 bridgehead atoms. The van der Waals surface area contributed by atoms with E-state index in [2.05, 4.69) is 15.2 Å². The van der Waals surface area contributed by atoms with Crippen LogP contribution in [0, 0.1) is 0 Å². The summed E-state index contributed by atoms with van der Waals surface area (Å²) in [7, 11) is 0. The van der Waals surface area contributed by atoms with Gasteiger partial charge in [0.15, 0.2) is 0 Å². The lowest BCUT2D eigenvalue weighted by Crippen LogP contribution is -2.32. The Labute approximate surface area is 158 Å². The number of aryl methyl sites for hydroxylation is 1. The number of aromatic amines is 1. The third kappa shape index (κ3) is 2.86. The van der Waals surface area contributed by atoms with Crippen LogP contribution in [-0.2, 0) is 6.42 Å². The number of nitrogens with one attached hydrogen (secondary N) is 1. The van der Waals surface area contributed by atoms with Crippen molar-refractivity contribution in [2.45, 2.75) is 31.9 Å². The third-order valence-electron chi connectivity index (χ3n) is 4.52. The molecule has 3 aromatic rings. The van der Waals surface area contributed by atoms with E-state index in [1.807, 2.05) is 6.92 Å². The average Bonchev–Trinajstić information content (AvgIpc) is 3.32. The number of β-amino-alcohol motifs (C(OH)–C–C–N with tert-alkyl or cyclic N) is 1. The minimum atomic E-state index is -0.668. The van der Waals surface area contributed by atoms with E-state index in [1.165, 1.54) is 4.90 Å². The molecular weight excluding hydrogens is 379 g/mol. The molecule has 26 heavy (non-hydrogen) atoms. The van der Waals surface area contributed by atoms with Crippen LogP contribution in [0.2, 0.25) is 10.0 Å². The van der Waals surface area contributed by atoms with Gasteiger partial charge in [0.25, 0.3) is 5.91 Å². The second-order valence-electron chi connectivity index (χ2n) is 6.25. The lowest BCUT2D eigenvalue weighted by molar-refractivity contribution is 0.0692. The molecule has 136 valence electrons. The van der Waals surface area contributed by atoms with Gasteiger partial charge in [-0.3, -0.25) is 4.79 Å². The van der Waals surface area contributed by atoms with Gasteiger partial charge in [0.05, 0.1) is 11.1 Å². The van der Waals surface area contributed by atoms with Crippen LogP contribution in [-0.4, -0.2) is 43.7 Å². The number of carbonyl (C=O) groups is 1. The van der Waals surface area contributed by atoms with Gasteiger partial charge in [-0.05, 0) is 18.2 Å². The fourth-order valence-corrected chi connectivity index (χ4v) is 3.70. The summed E-state index contributed by atoms with van der Waals surface area (Å²) in [4.78, 5) is 17.7. The smallest absolute Gasteiger partial charge is 0.272 e. The first kappa shape index (κ1) is 17.3. The van der Waals surface area contributed by atoms with Gasteiger partial charge in [0.2, 0.25) is 11.8 Å². The Balaban J connectivity index is 1.71. The van der Waals surface area contributed by atoms with Crippen molar-refractivity contribution in [2.75, 3.05) is 6.54 Å². The van der Waals surface area contributed by atoms with Crippen LogP contribution in [0.4, 0.5) is 0 Å². The lowest BCUT2D eigenvalue weighted by Gasteiger charge is -2.21. The van der Waals surface area contributed by atoms with Crippen LogP contribution in [0.3, 0.4) is 0 Å². The highest BCUT2D eigenvalue weighted by Crippen LogP contribution is 2.36. The molecule has 1 aromatic carbocycles. The van der Waals surface area contributed by atoms with Crippen molar-refractivity contribution in [1.82, 2.24) is 20.1 Å². The Bertz CT molecular complexity index is 984. The fourth-order valence-electron chi connectivity index (χ4n) is 3.24. The predicted octanol–water partition coefficient (Wildman–Crippen LogP) is 3.37. The van der Waals surface area contributed by atoms with Crippen molar-refractivity contribution in [3.63, 3.8) is 0 Å². The first-order valence-corrected chi connectivity index (χ1v) is 9.01. The number of hydrogen-bond acceptors (Lipinski definition) is 5. The summed E-state index contributed by atoms with van der Waals surface area (Å²) < 4.78 is 5.60. The van der Waals surface area contributed by atoms with Crippen LogP contribution in [0.15, 0.2) is 22.6 Å². The maximum absolute atomic E-state index is 13.1. The summed E-state index contributed by atoms with van der Waals surface area (Å²) >= 11 is 12.4. The standard InChI is InChI=1S/C17H16Cl2N4O3/c1-2-13-21-22-16(26-13)12-6-9(24)7-23(12)17(25)15-14(19)10-5-8(18)3-4-11(10)20-15/h3-5,9,12,20,24H,2,6-7H2,1H3/t9-,12-/m1/s1. The zero-order valence-corrected chi connectivity index (χ0v) is 15.4. The predicted molar refractivity (Wildman–Crippen MR) is 96.4 cm³/mol. The molecule has 0 radical (unpaired) electrons. The number of H-pyrrole nitrogens is 1. The number of aliphatic hydroxyl groups is 1. The first-order chi connectivity index (χ1) is 12.5. The monoisotopic (exact) mass is 394 g/mol. The summed E-state index contributed by atoms with van der Waals surface area (Å²) in [6, 6.07) is 4.70. The van der Waals surface area contributed by atoms with Crippen LogP contribution < -0.4 is 0 Å². The van der Waals surface area contributed by atoms with E-state index in [1.54, 1.807) is 18.2 Å². The molecule has 1 amide bonds. The second kappa shape index (κ2) is 6.57. The highest BCUT2D eigenvalue weighted by molar-refractivity contribution is 6.39. The van der Waals surface area contributed by atoms with Gasteiger partial charge in [0, 0.05) is 35.3 Å². The number of amides is 1. The molecule has 1 aliphatic rings. The number of nitrogens with zero attached hydrogens (tertiary/aromatic N) is 3. The van der Waals surface area contributed by atoms with E-state index in [9.17, 15) is 9.90 Å². The number of aliphatic hydroxyl groups excluding tert-OH is 1. The van der Waals surface area contributed by atoms with Crippen molar-refractivity contribution in [3.8, 4) is 0 Å². The van der Waals surface area contributed by atoms with Crippen LogP contribution >= 0.6 is 23.2 Å². The Morgan fingerprint density at radius 3 is 2.96 bits per heavy atom. The number of hydrogen-bond donors (Lipinski definition) is 2. The molecule has 0 saturated carbocycles. The Morgan fingerprint density at radius 2 is 2.23 bits per heavy atom. The van der Waals surface area contributed by atoms with Gasteiger partial charge < -0.3 is 19.4 Å². The van der Waals surface area contributed by atoms with E-state index >= 15 is 0 Å². The molecule has 1 fully saturated rings. The molecule has 0 spiro atoms. The summed E-state index contributed by atoms with van der Waals surface area (Å²) in [5.41, 5.74) is 0.961. The van der Waals surface area contributed by atoms with Gasteiger partial charge >= 0.3 is 0 Å². The van der Waals surface area contributed by atoms with Crippen molar-refractivity contribution in [3.05, 3.63) is 45.7 Å². The molecule has 3 heterocycles. The van der Waals surface area contributed by atoms with E-state index in [4.69, 9.17) is 27.6 Å². The summed E-state index contributed by atoms with van der Waals surface area (Å²) in [6.45, 7) is 2.07. The van der Waals surface area contributed by atoms with Crippen molar-refractivity contribution in [2.24, 2.45) is 0 Å². The molecule has 2 aromatic heterocycles.